The van der Waals surface area contributed by atoms with Crippen LogP contribution in [0.25, 0.3) is 0 Å². The van der Waals surface area contributed by atoms with Crippen molar-refractivity contribution in [3.8, 4) is 0 Å². The molecule has 1 aromatic rings. The van der Waals surface area contributed by atoms with Crippen LogP contribution in [0.3, 0.4) is 0 Å². The van der Waals surface area contributed by atoms with Crippen LogP contribution in [-0.4, -0.2) is 75.3 Å². The smallest absolute Gasteiger partial charge is 0.475 e. The number of carbonyl (C=O) groups excluding carboxylic acids is 1. The molecule has 1 saturated carbocycles. The summed E-state index contributed by atoms with van der Waals surface area (Å²) in [6.07, 6.45) is 1.87. The minimum absolute atomic E-state index is 0.120. The number of carbonyl (C=O) groups is 2. The lowest BCUT2D eigenvalue weighted by molar-refractivity contribution is -0.192. The minimum Gasteiger partial charge on any atom is -0.475 e. The van der Waals surface area contributed by atoms with Gasteiger partial charge in [0.15, 0.2) is 0 Å². The Balaban J connectivity index is 0.000000339. The van der Waals surface area contributed by atoms with Gasteiger partial charge in [-0.1, -0.05) is 0 Å². The van der Waals surface area contributed by atoms with Gasteiger partial charge >= 0.3 is 12.1 Å². The number of hydrogen-bond donors (Lipinski definition) is 1. The van der Waals surface area contributed by atoms with Gasteiger partial charge in [-0.2, -0.15) is 13.2 Å². The number of ether oxygens (including phenoxy) is 1. The molecule has 174 valence electrons. The maximum absolute atomic E-state index is 12.0. The Bertz CT molecular complexity index is 773. The fourth-order valence-corrected chi connectivity index (χ4v) is 3.90. The lowest BCUT2D eigenvalue weighted by Crippen LogP contribution is -2.38. The van der Waals surface area contributed by atoms with Gasteiger partial charge in [0.1, 0.15) is 12.4 Å². The van der Waals surface area contributed by atoms with Crippen LogP contribution in [0.4, 0.5) is 13.2 Å². The third kappa shape index (κ3) is 6.42. The Hall–Kier alpha value is -2.14. The minimum atomic E-state index is -5.08. The van der Waals surface area contributed by atoms with E-state index in [9.17, 15) is 18.0 Å². The van der Waals surface area contributed by atoms with Crippen LogP contribution in [0.2, 0.25) is 0 Å². The predicted octanol–water partition coefficient (Wildman–Crippen LogP) is 2.44. The molecule has 1 saturated heterocycles. The van der Waals surface area contributed by atoms with Gasteiger partial charge in [0, 0.05) is 32.7 Å². The number of aromatic nitrogens is 2. The number of likely N-dealkylation sites (tertiary alicyclic amines) is 1. The average Bonchev–Trinajstić information content (AvgIpc) is 3.18. The van der Waals surface area contributed by atoms with E-state index in [-0.39, 0.29) is 12.5 Å². The van der Waals surface area contributed by atoms with Gasteiger partial charge in [-0.15, -0.1) is 0 Å². The number of alkyl halides is 3. The predicted molar refractivity (Wildman–Crippen MR) is 104 cm³/mol. The first-order valence-electron chi connectivity index (χ1n) is 10.6. The second-order valence-corrected chi connectivity index (χ2v) is 8.26. The van der Waals surface area contributed by atoms with E-state index in [0.29, 0.717) is 12.6 Å². The number of fused-ring (bicyclic) bond motifs is 1. The van der Waals surface area contributed by atoms with Crippen LogP contribution in [0.15, 0.2) is 6.20 Å². The maximum atomic E-state index is 12.0. The zero-order valence-electron chi connectivity index (χ0n) is 17.6. The molecule has 8 nitrogen and oxygen atoms in total. The van der Waals surface area contributed by atoms with Gasteiger partial charge in [0.05, 0.1) is 24.5 Å². The highest BCUT2D eigenvalue weighted by Gasteiger charge is 2.38. The zero-order chi connectivity index (χ0) is 22.6. The van der Waals surface area contributed by atoms with Gasteiger partial charge in [-0.3, -0.25) is 9.69 Å². The highest BCUT2D eigenvalue weighted by molar-refractivity contribution is 5.77. The molecule has 1 unspecified atom stereocenters. The molecule has 2 fully saturated rings. The van der Waals surface area contributed by atoms with Crippen molar-refractivity contribution in [3.05, 3.63) is 17.7 Å². The van der Waals surface area contributed by atoms with Crippen LogP contribution < -0.4 is 0 Å². The highest BCUT2D eigenvalue weighted by atomic mass is 19.4. The van der Waals surface area contributed by atoms with Crippen molar-refractivity contribution in [2.24, 2.45) is 5.92 Å². The van der Waals surface area contributed by atoms with Gasteiger partial charge in [-0.05, 0) is 38.5 Å². The number of carboxylic acid groups (broad SMARTS) is 1. The molecule has 31 heavy (non-hydrogen) atoms. The van der Waals surface area contributed by atoms with Gasteiger partial charge in [-0.25, -0.2) is 9.78 Å². The summed E-state index contributed by atoms with van der Waals surface area (Å²) in [4.78, 5) is 30.0. The highest BCUT2D eigenvalue weighted by Crippen LogP contribution is 2.34. The molecule has 1 amide bonds. The van der Waals surface area contributed by atoms with Crippen molar-refractivity contribution in [2.45, 2.75) is 58.0 Å². The van der Waals surface area contributed by atoms with Crippen LogP contribution in [0.1, 0.15) is 50.2 Å². The Labute approximate surface area is 179 Å². The lowest BCUT2D eigenvalue weighted by atomic mass is 10.2. The number of amides is 1. The topological polar surface area (TPSA) is 87.9 Å². The lowest BCUT2D eigenvalue weighted by Gasteiger charge is -2.34. The SMILES string of the molecule is CC1c2ncc(COCC(=O)N3CCCC3)n2CCN1CC1CC1.O=C(O)C(F)(F)F. The molecule has 11 heteroatoms. The first-order valence-corrected chi connectivity index (χ1v) is 10.6. The van der Waals surface area contributed by atoms with Crippen molar-refractivity contribution in [3.63, 3.8) is 0 Å². The van der Waals surface area contributed by atoms with Crippen LogP contribution in [-0.2, 0) is 27.5 Å². The van der Waals surface area contributed by atoms with E-state index in [4.69, 9.17) is 14.6 Å². The van der Waals surface area contributed by atoms with E-state index >= 15 is 0 Å². The van der Waals surface area contributed by atoms with Crippen molar-refractivity contribution in [2.75, 3.05) is 32.8 Å². The summed E-state index contributed by atoms with van der Waals surface area (Å²) in [5.74, 6) is -0.581. The van der Waals surface area contributed by atoms with E-state index in [1.165, 1.54) is 19.4 Å². The zero-order valence-corrected chi connectivity index (χ0v) is 17.6. The molecule has 0 bridgehead atoms. The Morgan fingerprint density at radius 2 is 1.84 bits per heavy atom. The number of aliphatic carboxylic acids is 1. The molecule has 1 N–H and O–H groups in total. The van der Waals surface area contributed by atoms with Crippen LogP contribution in [0, 0.1) is 5.92 Å². The third-order valence-electron chi connectivity index (χ3n) is 5.87. The molecule has 1 aliphatic carbocycles. The van der Waals surface area contributed by atoms with E-state index in [1.54, 1.807) is 0 Å². The van der Waals surface area contributed by atoms with Crippen LogP contribution >= 0.6 is 0 Å². The number of rotatable bonds is 6. The van der Waals surface area contributed by atoms with Crippen molar-refractivity contribution < 1.29 is 32.6 Å². The Morgan fingerprint density at radius 1 is 1.19 bits per heavy atom. The molecular weight excluding hydrogens is 417 g/mol. The van der Waals surface area contributed by atoms with Crippen molar-refractivity contribution in [1.29, 1.82) is 0 Å². The monoisotopic (exact) mass is 446 g/mol. The fraction of sp³-hybridized carbons (Fsp3) is 0.750. The summed E-state index contributed by atoms with van der Waals surface area (Å²) >= 11 is 0. The molecule has 3 heterocycles. The number of carboxylic acids is 1. The van der Waals surface area contributed by atoms with E-state index in [2.05, 4.69) is 21.4 Å². The van der Waals surface area contributed by atoms with E-state index in [0.717, 1.165) is 56.5 Å². The quantitative estimate of drug-likeness (QED) is 0.722. The summed E-state index contributed by atoms with van der Waals surface area (Å²) < 4.78 is 39.7. The number of halogens is 3. The first kappa shape index (κ1) is 23.5. The second-order valence-electron chi connectivity index (χ2n) is 8.26. The molecule has 1 atom stereocenters. The Kier molecular flexibility index (Phi) is 7.58. The van der Waals surface area contributed by atoms with Crippen molar-refractivity contribution >= 4 is 11.9 Å². The van der Waals surface area contributed by atoms with E-state index in [1.807, 2.05) is 11.1 Å². The molecule has 0 spiro atoms. The molecular formula is C20H29F3N4O4. The second kappa shape index (κ2) is 9.99. The fourth-order valence-electron chi connectivity index (χ4n) is 3.90. The summed E-state index contributed by atoms with van der Waals surface area (Å²) in [5, 5.41) is 7.12. The van der Waals surface area contributed by atoms with Gasteiger partial charge in [0.25, 0.3) is 0 Å². The molecule has 1 aromatic heterocycles. The normalized spacial score (nSPS) is 21.4. The molecule has 3 aliphatic rings. The largest absolute Gasteiger partial charge is 0.490 e. The summed E-state index contributed by atoms with van der Waals surface area (Å²) in [6.45, 7) is 7.96. The molecule has 0 radical (unpaired) electrons. The average molecular weight is 446 g/mol. The maximum Gasteiger partial charge on any atom is 0.490 e. The Morgan fingerprint density at radius 3 is 2.42 bits per heavy atom. The summed E-state index contributed by atoms with van der Waals surface area (Å²) in [6, 6.07) is 0.374. The standard InChI is InChI=1S/C18H28N4O2.C2HF3O2/c1-14-18-19-10-16(12-24-13-17(23)20-6-2-3-7-20)22(18)9-8-21(14)11-15-4-5-15;3-2(4,5)1(6)7/h10,14-15H,2-9,11-13H2,1H3;(H,6,7). The van der Waals surface area contributed by atoms with Crippen LogP contribution in [0.5, 0.6) is 0 Å². The first-order chi connectivity index (χ1) is 14.7. The van der Waals surface area contributed by atoms with E-state index < -0.39 is 12.1 Å². The summed E-state index contributed by atoms with van der Waals surface area (Å²) in [7, 11) is 0. The number of imidazole rings is 1. The number of nitrogens with zero attached hydrogens (tertiary/aromatic N) is 4. The van der Waals surface area contributed by atoms with Crippen molar-refractivity contribution in [1.82, 2.24) is 19.4 Å². The molecule has 4 rings (SSSR count). The third-order valence-corrected chi connectivity index (χ3v) is 5.87. The molecule has 0 aromatic carbocycles. The van der Waals surface area contributed by atoms with Gasteiger partial charge < -0.3 is 19.3 Å². The summed E-state index contributed by atoms with van der Waals surface area (Å²) in [5.41, 5.74) is 1.09. The number of hydrogen-bond acceptors (Lipinski definition) is 5. The molecule has 2 aliphatic heterocycles. The van der Waals surface area contributed by atoms with Gasteiger partial charge in [0.2, 0.25) is 5.91 Å².